The number of amides is 2. The minimum Gasteiger partial charge on any atom is -0.481 e. The van der Waals surface area contributed by atoms with Gasteiger partial charge in [-0.05, 0) is 12.8 Å². The number of carboxylic acid groups (broad SMARTS) is 2. The van der Waals surface area contributed by atoms with E-state index in [1.165, 1.54) is 21.1 Å². The fraction of sp³-hybridized carbons (Fsp3) is 0.886. The molecule has 18 atom stereocenters. The van der Waals surface area contributed by atoms with Crippen molar-refractivity contribution >= 4 is 23.8 Å². The summed E-state index contributed by atoms with van der Waals surface area (Å²) in [5.41, 5.74) is 0. The van der Waals surface area contributed by atoms with Gasteiger partial charge in [-0.2, -0.15) is 0 Å². The van der Waals surface area contributed by atoms with Gasteiger partial charge in [-0.15, -0.1) is 0 Å². The zero-order valence-electron chi connectivity index (χ0n) is 32.5. The number of nitrogens with one attached hydrogen (secondary N) is 2. The van der Waals surface area contributed by atoms with Crippen molar-refractivity contribution in [1.29, 1.82) is 0 Å². The molecule has 3 aliphatic heterocycles. The first kappa shape index (κ1) is 47.0. The highest BCUT2D eigenvalue weighted by molar-refractivity contribution is 5.74. The van der Waals surface area contributed by atoms with Gasteiger partial charge in [0.15, 0.2) is 25.0 Å². The van der Waals surface area contributed by atoms with Crippen molar-refractivity contribution in [3.05, 3.63) is 0 Å². The Hall–Kier alpha value is -2.68. The van der Waals surface area contributed by atoms with Gasteiger partial charge in [-0.3, -0.25) is 14.4 Å². The van der Waals surface area contributed by atoms with E-state index in [-0.39, 0.29) is 32.5 Å². The van der Waals surface area contributed by atoms with Gasteiger partial charge in [-0.1, -0.05) is 6.92 Å². The van der Waals surface area contributed by atoms with E-state index < -0.39 is 147 Å². The molecule has 1 saturated carbocycles. The molecule has 57 heavy (non-hydrogen) atoms. The largest absolute Gasteiger partial charge is 0.481 e. The summed E-state index contributed by atoms with van der Waals surface area (Å²) in [6.07, 6.45) is -19.9. The van der Waals surface area contributed by atoms with Crippen LogP contribution in [0.1, 0.15) is 52.9 Å². The third kappa shape index (κ3) is 12.2. The fourth-order valence-corrected chi connectivity index (χ4v) is 7.50. The normalized spacial score (nSPS) is 40.5. The van der Waals surface area contributed by atoms with Gasteiger partial charge in [0.25, 0.3) is 0 Å². The van der Waals surface area contributed by atoms with Crippen LogP contribution in [-0.4, -0.2) is 198 Å². The van der Waals surface area contributed by atoms with Crippen LogP contribution in [0.3, 0.4) is 0 Å². The molecule has 1 aliphatic carbocycles. The summed E-state index contributed by atoms with van der Waals surface area (Å²) in [5, 5.41) is 79.2. The molecule has 4 rings (SSSR count). The van der Waals surface area contributed by atoms with Crippen LogP contribution in [0.15, 0.2) is 0 Å². The monoisotopic (exact) mass is 826 g/mol. The second-order valence-electron chi connectivity index (χ2n) is 14.7. The van der Waals surface area contributed by atoms with Crippen molar-refractivity contribution in [3.63, 3.8) is 0 Å². The number of hydrogen-bond acceptors (Lipinski definition) is 18. The van der Waals surface area contributed by atoms with Gasteiger partial charge in [-0.25, -0.2) is 4.79 Å². The van der Waals surface area contributed by atoms with Gasteiger partial charge in [0.2, 0.25) is 11.8 Å². The molecule has 0 bridgehead atoms. The molecule has 0 aromatic rings. The molecular weight excluding hydrogens is 768 g/mol. The highest BCUT2D eigenvalue weighted by atomic mass is 16.7. The fourth-order valence-electron chi connectivity index (χ4n) is 7.50. The molecule has 22 nitrogen and oxygen atoms in total. The quantitative estimate of drug-likeness (QED) is 0.0650. The standard InChI is InChI=1S/C35H58N2O20/c1-6-16(41)12-51-13-18-8-20(25(36-14(2)39)33(50-5)53-18)54-23-9-19(31(45)46)30(29(44)27(23)42)57-34-26(37-15(3)40)21(7-17(11-38)52-34)55-35-28(43)22(49-4)10-24(56-35)32(47)48/h16-30,33-35,38,41-44H,6-13H2,1-5H3,(H,36,39)(H,37,40)(H,45,46)(H,47,48). The molecule has 9 N–H and O–H groups in total. The molecule has 0 spiro atoms. The number of methoxy groups -OCH3 is 2. The van der Waals surface area contributed by atoms with Gasteiger partial charge in [0, 0.05) is 47.3 Å². The number of hydrogen-bond donors (Lipinski definition) is 9. The maximum absolute atomic E-state index is 12.8. The Labute approximate surface area is 328 Å². The lowest BCUT2D eigenvalue weighted by Gasteiger charge is -2.48. The summed E-state index contributed by atoms with van der Waals surface area (Å²) in [5.74, 6) is -5.47. The van der Waals surface area contributed by atoms with Crippen LogP contribution in [0.5, 0.6) is 0 Å². The smallest absolute Gasteiger partial charge is 0.333 e. The van der Waals surface area contributed by atoms with E-state index in [0.29, 0.717) is 6.42 Å². The predicted octanol–water partition coefficient (Wildman–Crippen LogP) is -3.42. The zero-order chi connectivity index (χ0) is 42.1. The highest BCUT2D eigenvalue weighted by Gasteiger charge is 2.54. The molecular formula is C35H58N2O20. The molecule has 18 unspecified atom stereocenters. The molecule has 22 heteroatoms. The second-order valence-corrected chi connectivity index (χ2v) is 14.7. The van der Waals surface area contributed by atoms with Crippen molar-refractivity contribution in [3.8, 4) is 0 Å². The minimum atomic E-state index is -1.95. The van der Waals surface area contributed by atoms with E-state index in [4.69, 9.17) is 42.6 Å². The van der Waals surface area contributed by atoms with Crippen molar-refractivity contribution in [1.82, 2.24) is 10.6 Å². The lowest BCUT2D eigenvalue weighted by Crippen LogP contribution is -2.65. The summed E-state index contributed by atoms with van der Waals surface area (Å²) in [4.78, 5) is 49.3. The third-order valence-electron chi connectivity index (χ3n) is 10.5. The first-order valence-electron chi connectivity index (χ1n) is 18.9. The Morgan fingerprint density at radius 1 is 0.702 bits per heavy atom. The van der Waals surface area contributed by atoms with E-state index in [1.807, 2.05) is 0 Å². The van der Waals surface area contributed by atoms with Crippen molar-refractivity contribution in [2.45, 2.75) is 157 Å². The Balaban J connectivity index is 1.56. The average Bonchev–Trinajstić information content (AvgIpc) is 3.16. The summed E-state index contributed by atoms with van der Waals surface area (Å²) in [6, 6.07) is -2.26. The van der Waals surface area contributed by atoms with Crippen LogP contribution in [0.2, 0.25) is 0 Å². The minimum absolute atomic E-state index is 0.00239. The van der Waals surface area contributed by atoms with E-state index in [0.717, 1.165) is 6.92 Å². The van der Waals surface area contributed by atoms with Gasteiger partial charge in [0.1, 0.15) is 36.5 Å². The molecule has 328 valence electrons. The number of carbonyl (C=O) groups is 4. The Morgan fingerprint density at radius 2 is 1.32 bits per heavy atom. The molecule has 0 aromatic carbocycles. The van der Waals surface area contributed by atoms with Crippen LogP contribution in [0, 0.1) is 5.92 Å². The number of aliphatic carboxylic acids is 2. The summed E-state index contributed by atoms with van der Waals surface area (Å²) in [6.45, 7) is 3.61. The number of ether oxygens (including phenoxy) is 9. The summed E-state index contributed by atoms with van der Waals surface area (Å²) < 4.78 is 52.1. The third-order valence-corrected chi connectivity index (χ3v) is 10.5. The SMILES string of the molecule is CCC(O)COCC1CC(OC2CC(C(=O)O)C(OC3OC(CO)CC(OC4OC(C(=O)O)CC(OC)C4O)C3NC(C)=O)C(O)C2O)C(NC(C)=O)C(OC)O1. The molecule has 4 fully saturated rings. The molecule has 0 aromatic heterocycles. The molecule has 4 aliphatic rings. The van der Waals surface area contributed by atoms with Gasteiger partial charge >= 0.3 is 11.9 Å². The van der Waals surface area contributed by atoms with Gasteiger partial charge in [0.05, 0.1) is 68.5 Å². The summed E-state index contributed by atoms with van der Waals surface area (Å²) >= 11 is 0. The molecule has 3 saturated heterocycles. The number of aliphatic hydroxyl groups is 5. The number of carbonyl (C=O) groups excluding carboxylic acids is 2. The first-order valence-corrected chi connectivity index (χ1v) is 18.9. The topological polar surface area (TPSA) is 317 Å². The predicted molar refractivity (Wildman–Crippen MR) is 187 cm³/mol. The second kappa shape index (κ2) is 21.5. The van der Waals surface area contributed by atoms with E-state index in [2.05, 4.69) is 10.6 Å². The van der Waals surface area contributed by atoms with Crippen LogP contribution in [-0.2, 0) is 61.8 Å². The molecule has 3 heterocycles. The van der Waals surface area contributed by atoms with Crippen molar-refractivity contribution in [2.75, 3.05) is 34.0 Å². The maximum Gasteiger partial charge on any atom is 0.333 e. The molecule has 2 amide bonds. The molecule has 0 radical (unpaired) electrons. The van der Waals surface area contributed by atoms with Gasteiger partial charge < -0.3 is 89.0 Å². The number of aliphatic hydroxyl groups excluding tert-OH is 5. The van der Waals surface area contributed by atoms with E-state index in [9.17, 15) is 54.9 Å². The zero-order valence-corrected chi connectivity index (χ0v) is 32.5. The van der Waals surface area contributed by atoms with Crippen molar-refractivity contribution in [2.24, 2.45) is 5.92 Å². The summed E-state index contributed by atoms with van der Waals surface area (Å²) in [7, 11) is 2.61. The highest BCUT2D eigenvalue weighted by Crippen LogP contribution is 2.37. The maximum atomic E-state index is 12.8. The lowest BCUT2D eigenvalue weighted by molar-refractivity contribution is -0.324. The Kier molecular flexibility index (Phi) is 17.8. The van der Waals surface area contributed by atoms with Crippen LogP contribution >= 0.6 is 0 Å². The Bertz CT molecular complexity index is 1330. The van der Waals surface area contributed by atoms with Crippen LogP contribution < -0.4 is 10.6 Å². The van der Waals surface area contributed by atoms with E-state index >= 15 is 0 Å². The van der Waals surface area contributed by atoms with Crippen LogP contribution in [0.4, 0.5) is 0 Å². The first-order chi connectivity index (χ1) is 27.0. The lowest BCUT2D eigenvalue weighted by atomic mass is 9.80. The average molecular weight is 827 g/mol. The Morgan fingerprint density at radius 3 is 1.88 bits per heavy atom. The van der Waals surface area contributed by atoms with Crippen molar-refractivity contribution < 1.29 is 97.6 Å². The van der Waals surface area contributed by atoms with Crippen LogP contribution in [0.25, 0.3) is 0 Å². The number of carboxylic acids is 2. The number of rotatable bonds is 18. The van der Waals surface area contributed by atoms with E-state index in [1.54, 1.807) is 6.92 Å².